The number of Topliss-reactive ketones (excluding diaryl/α,β-unsaturated/α-hetero) is 1. The van der Waals surface area contributed by atoms with Gasteiger partial charge >= 0.3 is 0 Å². The summed E-state index contributed by atoms with van der Waals surface area (Å²) < 4.78 is 11.0. The van der Waals surface area contributed by atoms with E-state index in [1.54, 1.807) is 25.3 Å². The van der Waals surface area contributed by atoms with Crippen molar-refractivity contribution in [3.8, 4) is 11.5 Å². The van der Waals surface area contributed by atoms with Crippen LogP contribution >= 0.6 is 0 Å². The molecule has 1 fully saturated rings. The number of aliphatic hydroxyl groups excluding tert-OH is 1. The molecule has 1 amide bonds. The molecule has 6 heteroatoms. The number of ketones is 1. The molecule has 1 heterocycles. The average molecular weight is 438 g/mol. The Morgan fingerprint density at radius 1 is 1.06 bits per heavy atom. The number of rotatable bonds is 9. The van der Waals surface area contributed by atoms with Crippen LogP contribution in [0.15, 0.2) is 48.0 Å². The second-order valence-electron chi connectivity index (χ2n) is 7.95. The molecule has 2 aromatic rings. The lowest BCUT2D eigenvalue weighted by Crippen LogP contribution is -2.30. The molecule has 0 bridgehead atoms. The predicted molar refractivity (Wildman–Crippen MR) is 124 cm³/mol. The fourth-order valence-corrected chi connectivity index (χ4v) is 3.96. The first-order chi connectivity index (χ1) is 15.4. The van der Waals surface area contributed by atoms with Crippen LogP contribution < -0.4 is 9.47 Å². The lowest BCUT2D eigenvalue weighted by molar-refractivity contribution is -0.139. The molecule has 1 atom stereocenters. The fourth-order valence-electron chi connectivity index (χ4n) is 3.96. The second kappa shape index (κ2) is 10.4. The summed E-state index contributed by atoms with van der Waals surface area (Å²) in [6.07, 6.45) is 2.72. The van der Waals surface area contributed by atoms with E-state index in [1.807, 2.05) is 38.1 Å². The number of benzene rings is 2. The number of hydrogen-bond acceptors (Lipinski definition) is 5. The van der Waals surface area contributed by atoms with Crippen molar-refractivity contribution < 1.29 is 24.2 Å². The SMILES string of the molecule is CCCCOc1ccc(C2/C(=C(/O)c3ccc(OC)c(C)c3)C(=O)C(=O)N2CCC)cc1. The van der Waals surface area contributed by atoms with Crippen LogP contribution in [0.25, 0.3) is 5.76 Å². The fraction of sp³-hybridized carbons (Fsp3) is 0.385. The number of aryl methyl sites for hydroxylation is 1. The summed E-state index contributed by atoms with van der Waals surface area (Å²) in [4.78, 5) is 27.3. The molecular weight excluding hydrogens is 406 g/mol. The van der Waals surface area contributed by atoms with E-state index in [0.717, 1.165) is 29.7 Å². The van der Waals surface area contributed by atoms with Crippen molar-refractivity contribution in [2.45, 2.75) is 46.1 Å². The normalized spacial score (nSPS) is 17.6. The topological polar surface area (TPSA) is 76.1 Å². The second-order valence-corrected chi connectivity index (χ2v) is 7.95. The molecule has 0 saturated carbocycles. The van der Waals surface area contributed by atoms with Crippen LogP contribution in [-0.2, 0) is 9.59 Å². The van der Waals surface area contributed by atoms with E-state index in [9.17, 15) is 14.7 Å². The van der Waals surface area contributed by atoms with Gasteiger partial charge in [-0.05, 0) is 61.2 Å². The van der Waals surface area contributed by atoms with Crippen LogP contribution in [0.3, 0.4) is 0 Å². The molecule has 1 aliphatic rings. The Kier molecular flexibility index (Phi) is 7.57. The summed E-state index contributed by atoms with van der Waals surface area (Å²) >= 11 is 0. The van der Waals surface area contributed by atoms with E-state index >= 15 is 0 Å². The zero-order valence-corrected chi connectivity index (χ0v) is 19.2. The Bertz CT molecular complexity index is 1010. The van der Waals surface area contributed by atoms with Crippen LogP contribution in [-0.4, -0.2) is 42.0 Å². The number of carbonyl (C=O) groups is 2. The molecule has 3 rings (SSSR count). The van der Waals surface area contributed by atoms with Gasteiger partial charge in [0.1, 0.15) is 17.3 Å². The highest BCUT2D eigenvalue weighted by atomic mass is 16.5. The number of hydrogen-bond donors (Lipinski definition) is 1. The number of unbranched alkanes of at least 4 members (excludes halogenated alkanes) is 1. The van der Waals surface area contributed by atoms with Crippen molar-refractivity contribution in [3.63, 3.8) is 0 Å². The molecule has 1 unspecified atom stereocenters. The Hall–Kier alpha value is -3.28. The molecule has 1 N–H and O–H groups in total. The van der Waals surface area contributed by atoms with E-state index in [0.29, 0.717) is 30.9 Å². The molecule has 32 heavy (non-hydrogen) atoms. The van der Waals surface area contributed by atoms with E-state index < -0.39 is 17.7 Å². The molecule has 0 spiro atoms. The standard InChI is InChI=1S/C26H31NO5/c1-5-7-15-32-20-11-8-18(9-12-20)23-22(25(29)26(30)27(23)14-6-2)24(28)19-10-13-21(31-4)17(3)16-19/h8-13,16,23,28H,5-7,14-15H2,1-4H3/b24-22-. The quantitative estimate of drug-likeness (QED) is 0.258. The van der Waals surface area contributed by atoms with Gasteiger partial charge in [-0.25, -0.2) is 0 Å². The molecule has 0 radical (unpaired) electrons. The van der Waals surface area contributed by atoms with Crippen molar-refractivity contribution in [1.82, 2.24) is 4.90 Å². The number of aliphatic hydroxyl groups is 1. The van der Waals surface area contributed by atoms with Crippen molar-refractivity contribution in [3.05, 3.63) is 64.7 Å². The lowest BCUT2D eigenvalue weighted by atomic mass is 9.94. The zero-order valence-electron chi connectivity index (χ0n) is 19.2. The molecule has 0 aromatic heterocycles. The highest BCUT2D eigenvalue weighted by Crippen LogP contribution is 2.40. The van der Waals surface area contributed by atoms with Crippen LogP contribution in [0, 0.1) is 6.92 Å². The molecular formula is C26H31NO5. The van der Waals surface area contributed by atoms with Gasteiger partial charge in [0, 0.05) is 12.1 Å². The third-order valence-electron chi connectivity index (χ3n) is 5.64. The number of carbonyl (C=O) groups excluding carboxylic acids is 2. The maximum Gasteiger partial charge on any atom is 0.295 e. The molecule has 170 valence electrons. The first kappa shape index (κ1) is 23.4. The summed E-state index contributed by atoms with van der Waals surface area (Å²) in [5, 5.41) is 11.1. The smallest absolute Gasteiger partial charge is 0.295 e. The van der Waals surface area contributed by atoms with E-state index in [1.165, 1.54) is 4.90 Å². The van der Waals surface area contributed by atoms with Crippen LogP contribution in [0.2, 0.25) is 0 Å². The van der Waals surface area contributed by atoms with Gasteiger partial charge in [0.25, 0.3) is 11.7 Å². The zero-order chi connectivity index (χ0) is 23.3. The minimum Gasteiger partial charge on any atom is -0.507 e. The maximum atomic E-state index is 13.0. The van der Waals surface area contributed by atoms with Crippen molar-refractivity contribution in [1.29, 1.82) is 0 Å². The van der Waals surface area contributed by atoms with Crippen molar-refractivity contribution in [2.24, 2.45) is 0 Å². The van der Waals surface area contributed by atoms with Crippen molar-refractivity contribution in [2.75, 3.05) is 20.3 Å². The molecule has 2 aromatic carbocycles. The summed E-state index contributed by atoms with van der Waals surface area (Å²) in [5.74, 6) is -0.0193. The summed E-state index contributed by atoms with van der Waals surface area (Å²) in [5.41, 5.74) is 2.16. The van der Waals surface area contributed by atoms with Gasteiger partial charge in [0.2, 0.25) is 0 Å². The first-order valence-electron chi connectivity index (χ1n) is 11.1. The largest absolute Gasteiger partial charge is 0.507 e. The van der Waals surface area contributed by atoms with E-state index in [4.69, 9.17) is 9.47 Å². The Morgan fingerprint density at radius 3 is 2.38 bits per heavy atom. The first-order valence-corrected chi connectivity index (χ1v) is 11.1. The number of ether oxygens (including phenoxy) is 2. The average Bonchev–Trinajstić information content (AvgIpc) is 3.04. The lowest BCUT2D eigenvalue weighted by Gasteiger charge is -2.25. The molecule has 0 aliphatic carbocycles. The van der Waals surface area contributed by atoms with Crippen LogP contribution in [0.5, 0.6) is 11.5 Å². The maximum absolute atomic E-state index is 13.0. The Balaban J connectivity index is 2.04. The van der Waals surface area contributed by atoms with Gasteiger partial charge in [-0.3, -0.25) is 9.59 Å². The van der Waals surface area contributed by atoms with Gasteiger partial charge in [-0.2, -0.15) is 0 Å². The Labute approximate surface area is 189 Å². The van der Waals surface area contributed by atoms with Gasteiger partial charge in [-0.15, -0.1) is 0 Å². The summed E-state index contributed by atoms with van der Waals surface area (Å²) in [6.45, 7) is 6.98. The highest BCUT2D eigenvalue weighted by molar-refractivity contribution is 6.46. The molecule has 1 aliphatic heterocycles. The van der Waals surface area contributed by atoms with E-state index in [-0.39, 0.29) is 11.3 Å². The monoisotopic (exact) mass is 437 g/mol. The van der Waals surface area contributed by atoms with Gasteiger partial charge in [-0.1, -0.05) is 32.4 Å². The van der Waals surface area contributed by atoms with E-state index in [2.05, 4.69) is 6.92 Å². The van der Waals surface area contributed by atoms with Crippen molar-refractivity contribution >= 4 is 17.4 Å². The number of likely N-dealkylation sites (tertiary alicyclic amines) is 1. The molecule has 6 nitrogen and oxygen atoms in total. The third-order valence-corrected chi connectivity index (χ3v) is 5.64. The summed E-state index contributed by atoms with van der Waals surface area (Å²) in [6, 6.07) is 11.9. The van der Waals surface area contributed by atoms with Gasteiger partial charge in [0.15, 0.2) is 0 Å². The predicted octanol–water partition coefficient (Wildman–Crippen LogP) is 5.01. The van der Waals surface area contributed by atoms with Gasteiger partial charge < -0.3 is 19.5 Å². The molecule has 1 saturated heterocycles. The van der Waals surface area contributed by atoms with Crippen LogP contribution in [0.4, 0.5) is 0 Å². The highest BCUT2D eigenvalue weighted by Gasteiger charge is 2.45. The minimum atomic E-state index is -0.669. The van der Waals surface area contributed by atoms with Gasteiger partial charge in [0.05, 0.1) is 25.3 Å². The number of methoxy groups -OCH3 is 1. The number of nitrogens with zero attached hydrogens (tertiary/aromatic N) is 1. The Morgan fingerprint density at radius 2 is 1.78 bits per heavy atom. The summed E-state index contributed by atoms with van der Waals surface area (Å²) in [7, 11) is 1.58. The van der Waals surface area contributed by atoms with Crippen LogP contribution in [0.1, 0.15) is 55.8 Å². The number of amides is 1. The third kappa shape index (κ3) is 4.64. The minimum absolute atomic E-state index is 0.104.